The second-order valence-electron chi connectivity index (χ2n) is 7.17. The second kappa shape index (κ2) is 11.5. The van der Waals surface area contributed by atoms with Crippen LogP contribution in [-0.4, -0.2) is 74.1 Å². The smallest absolute Gasteiger partial charge is 0.266 e. The summed E-state index contributed by atoms with van der Waals surface area (Å²) in [7, 11) is 1.61. The number of quaternary nitrogens is 1. The van der Waals surface area contributed by atoms with E-state index in [1.165, 1.54) is 21.6 Å². The summed E-state index contributed by atoms with van der Waals surface area (Å²) in [5, 5.41) is 2.94. The number of methoxy groups -OCH3 is 1. The molecule has 0 radical (unpaired) electrons. The molecular formula is C21H28N3O4S2+. The van der Waals surface area contributed by atoms with E-state index in [1.54, 1.807) is 7.11 Å². The van der Waals surface area contributed by atoms with Crippen molar-refractivity contribution in [2.45, 2.75) is 12.8 Å². The molecule has 0 saturated carbocycles. The lowest BCUT2D eigenvalue weighted by Gasteiger charge is -2.23. The number of thiocarbonyl (C=S) groups is 1. The summed E-state index contributed by atoms with van der Waals surface area (Å²) in [6, 6.07) is 7.46. The fraction of sp³-hybridized carbons (Fsp3) is 0.476. The Bertz CT molecular complexity index is 792. The molecule has 1 aromatic rings. The maximum absolute atomic E-state index is 12.7. The van der Waals surface area contributed by atoms with Crippen molar-refractivity contribution in [1.29, 1.82) is 0 Å². The van der Waals surface area contributed by atoms with Gasteiger partial charge < -0.3 is 19.7 Å². The van der Waals surface area contributed by atoms with Crippen LogP contribution in [0.15, 0.2) is 29.2 Å². The third-order valence-electron chi connectivity index (χ3n) is 5.08. The van der Waals surface area contributed by atoms with E-state index in [0.717, 1.165) is 50.6 Å². The van der Waals surface area contributed by atoms with Gasteiger partial charge in [-0.1, -0.05) is 36.1 Å². The average molecular weight is 451 g/mol. The van der Waals surface area contributed by atoms with Crippen LogP contribution in [0, 0.1) is 0 Å². The standard InChI is InChI=1S/C21H27N3O4S2/c1-27-17-5-3-16(4-6-17)15-18-20(26)24(21(29)30-18)10-7-19(25)22-8-2-9-23-11-13-28-14-12-23/h3-6,15H,2,7-14H2,1H3,(H,22,25)/p+1. The predicted octanol–water partition coefficient (Wildman–Crippen LogP) is 0.708. The Morgan fingerprint density at radius 2 is 2.07 bits per heavy atom. The zero-order valence-electron chi connectivity index (χ0n) is 17.1. The molecule has 9 heteroatoms. The topological polar surface area (TPSA) is 72.3 Å². The molecule has 30 heavy (non-hydrogen) atoms. The van der Waals surface area contributed by atoms with Gasteiger partial charge in [0.05, 0.1) is 31.8 Å². The third-order valence-corrected chi connectivity index (χ3v) is 6.46. The molecule has 0 aromatic heterocycles. The number of amides is 2. The summed E-state index contributed by atoms with van der Waals surface area (Å²) >= 11 is 6.61. The molecular weight excluding hydrogens is 422 g/mol. The Hall–Kier alpha value is -1.94. The summed E-state index contributed by atoms with van der Waals surface area (Å²) < 4.78 is 11.0. The number of thioether (sulfide) groups is 1. The molecule has 0 bridgehead atoms. The van der Waals surface area contributed by atoms with E-state index in [-0.39, 0.29) is 18.2 Å². The zero-order valence-corrected chi connectivity index (χ0v) is 18.8. The van der Waals surface area contributed by atoms with Crippen molar-refractivity contribution in [2.75, 3.05) is 53.0 Å². The van der Waals surface area contributed by atoms with Gasteiger partial charge in [-0.15, -0.1) is 0 Å². The van der Waals surface area contributed by atoms with Gasteiger partial charge in [0.25, 0.3) is 5.91 Å². The number of carbonyl (C=O) groups excluding carboxylic acids is 2. The van der Waals surface area contributed by atoms with Gasteiger partial charge in [-0.2, -0.15) is 0 Å². The van der Waals surface area contributed by atoms with E-state index >= 15 is 0 Å². The molecule has 3 rings (SSSR count). The summed E-state index contributed by atoms with van der Waals surface area (Å²) in [6.45, 7) is 5.69. The summed E-state index contributed by atoms with van der Waals surface area (Å²) in [6.07, 6.45) is 2.99. The van der Waals surface area contributed by atoms with Gasteiger partial charge in [-0.25, -0.2) is 0 Å². The van der Waals surface area contributed by atoms with Gasteiger partial charge in [-0.05, 0) is 23.8 Å². The van der Waals surface area contributed by atoms with Gasteiger partial charge in [-0.3, -0.25) is 14.5 Å². The fourth-order valence-corrected chi connectivity index (χ4v) is 4.63. The van der Waals surface area contributed by atoms with E-state index in [0.29, 0.717) is 22.3 Å². The van der Waals surface area contributed by atoms with Gasteiger partial charge in [0.1, 0.15) is 23.2 Å². The van der Waals surface area contributed by atoms with E-state index in [4.69, 9.17) is 21.7 Å². The molecule has 2 fully saturated rings. The Balaban J connectivity index is 1.41. The molecule has 0 spiro atoms. The van der Waals surface area contributed by atoms with Crippen LogP contribution in [0.25, 0.3) is 6.08 Å². The van der Waals surface area contributed by atoms with Crippen LogP contribution in [0.2, 0.25) is 0 Å². The van der Waals surface area contributed by atoms with Crippen LogP contribution in [0.1, 0.15) is 18.4 Å². The monoisotopic (exact) mass is 450 g/mol. The van der Waals surface area contributed by atoms with Crippen molar-refractivity contribution in [1.82, 2.24) is 10.2 Å². The number of hydrogen-bond donors (Lipinski definition) is 2. The van der Waals surface area contributed by atoms with Crippen LogP contribution < -0.4 is 15.0 Å². The predicted molar refractivity (Wildman–Crippen MR) is 121 cm³/mol. The first kappa shape index (κ1) is 22.7. The van der Waals surface area contributed by atoms with Gasteiger partial charge in [0, 0.05) is 25.9 Å². The van der Waals surface area contributed by atoms with Crippen LogP contribution in [0.4, 0.5) is 0 Å². The SMILES string of the molecule is COc1ccc(C=C2SC(=S)N(CCC(=O)NCCC[NH+]3CCOCC3)C2=O)cc1. The third kappa shape index (κ3) is 6.53. The second-order valence-corrected chi connectivity index (χ2v) is 8.85. The number of ether oxygens (including phenoxy) is 2. The minimum atomic E-state index is -0.149. The summed E-state index contributed by atoms with van der Waals surface area (Å²) in [5.74, 6) is 0.557. The molecule has 0 atom stereocenters. The highest BCUT2D eigenvalue weighted by atomic mass is 32.2. The number of nitrogens with one attached hydrogen (secondary N) is 2. The maximum Gasteiger partial charge on any atom is 0.266 e. The lowest BCUT2D eigenvalue weighted by molar-refractivity contribution is -0.908. The molecule has 1 aromatic carbocycles. The molecule has 7 nitrogen and oxygen atoms in total. The number of rotatable bonds is 9. The number of hydrogen-bond acceptors (Lipinski definition) is 6. The largest absolute Gasteiger partial charge is 0.497 e. The molecule has 2 saturated heterocycles. The van der Waals surface area contributed by atoms with E-state index in [9.17, 15) is 9.59 Å². The Kier molecular flexibility index (Phi) is 8.68. The lowest BCUT2D eigenvalue weighted by Crippen LogP contribution is -3.14. The normalized spacial score (nSPS) is 18.8. The first-order valence-corrected chi connectivity index (χ1v) is 11.4. The number of carbonyl (C=O) groups is 2. The molecule has 162 valence electrons. The van der Waals surface area contributed by atoms with Crippen LogP contribution in [0.5, 0.6) is 5.75 Å². The minimum absolute atomic E-state index is 0.0554. The molecule has 2 aliphatic heterocycles. The van der Waals surface area contributed by atoms with Crippen molar-refractivity contribution >= 4 is 46.2 Å². The van der Waals surface area contributed by atoms with E-state index in [1.807, 2.05) is 30.3 Å². The van der Waals surface area contributed by atoms with Crippen molar-refractivity contribution in [3.63, 3.8) is 0 Å². The van der Waals surface area contributed by atoms with Gasteiger partial charge >= 0.3 is 0 Å². The Morgan fingerprint density at radius 1 is 1.33 bits per heavy atom. The molecule has 2 amide bonds. The minimum Gasteiger partial charge on any atom is -0.497 e. The highest BCUT2D eigenvalue weighted by Crippen LogP contribution is 2.32. The first-order valence-electron chi connectivity index (χ1n) is 10.1. The molecule has 2 aliphatic rings. The van der Waals surface area contributed by atoms with Crippen molar-refractivity contribution in [2.24, 2.45) is 0 Å². The molecule has 2 heterocycles. The highest BCUT2D eigenvalue weighted by molar-refractivity contribution is 8.26. The summed E-state index contributed by atoms with van der Waals surface area (Å²) in [5.41, 5.74) is 0.899. The number of morpholine rings is 1. The van der Waals surface area contributed by atoms with Gasteiger partial charge in [0.15, 0.2) is 0 Å². The average Bonchev–Trinajstić information content (AvgIpc) is 3.03. The van der Waals surface area contributed by atoms with Crippen molar-refractivity contribution in [3.05, 3.63) is 34.7 Å². The quantitative estimate of drug-likeness (QED) is 0.328. The fourth-order valence-electron chi connectivity index (χ4n) is 3.32. The Labute approximate surface area is 186 Å². The van der Waals surface area contributed by atoms with Crippen LogP contribution in [-0.2, 0) is 14.3 Å². The van der Waals surface area contributed by atoms with E-state index in [2.05, 4.69) is 5.32 Å². The lowest BCUT2D eigenvalue weighted by atomic mass is 10.2. The van der Waals surface area contributed by atoms with Crippen LogP contribution in [0.3, 0.4) is 0 Å². The van der Waals surface area contributed by atoms with Gasteiger partial charge in [0.2, 0.25) is 5.91 Å². The number of benzene rings is 1. The molecule has 2 N–H and O–H groups in total. The van der Waals surface area contributed by atoms with Crippen molar-refractivity contribution in [3.8, 4) is 5.75 Å². The number of nitrogens with zero attached hydrogens (tertiary/aromatic N) is 1. The highest BCUT2D eigenvalue weighted by Gasteiger charge is 2.32. The maximum atomic E-state index is 12.7. The zero-order chi connectivity index (χ0) is 21.3. The first-order chi connectivity index (χ1) is 14.6. The van der Waals surface area contributed by atoms with E-state index < -0.39 is 0 Å². The molecule has 0 aliphatic carbocycles. The van der Waals surface area contributed by atoms with Crippen molar-refractivity contribution < 1.29 is 24.0 Å². The Morgan fingerprint density at radius 3 is 2.77 bits per heavy atom. The summed E-state index contributed by atoms with van der Waals surface area (Å²) in [4.78, 5) is 28.4. The molecule has 0 unspecified atom stereocenters. The van der Waals surface area contributed by atoms with Crippen LogP contribution >= 0.6 is 24.0 Å².